The lowest BCUT2D eigenvalue weighted by atomic mass is 10.1. The van der Waals surface area contributed by atoms with Gasteiger partial charge in [0.15, 0.2) is 0 Å². The fraction of sp³-hybridized carbons (Fsp3) is 0.562. The Morgan fingerprint density at radius 3 is 2.70 bits per heavy atom. The molecule has 3 N–H and O–H groups in total. The maximum atomic E-state index is 11.9. The molecule has 0 saturated heterocycles. The zero-order valence-electron chi connectivity index (χ0n) is 12.6. The van der Waals surface area contributed by atoms with Gasteiger partial charge in [0.1, 0.15) is 5.75 Å². The summed E-state index contributed by atoms with van der Waals surface area (Å²) in [5.41, 5.74) is 7.04. The van der Waals surface area contributed by atoms with Gasteiger partial charge < -0.3 is 15.8 Å². The fourth-order valence-corrected chi connectivity index (χ4v) is 1.85. The molecule has 0 aliphatic carbocycles. The van der Waals surface area contributed by atoms with Crippen molar-refractivity contribution < 1.29 is 9.53 Å². The van der Waals surface area contributed by atoms with Crippen molar-refractivity contribution in [3.8, 4) is 5.75 Å². The molecule has 0 atom stereocenters. The van der Waals surface area contributed by atoms with Gasteiger partial charge in [0.25, 0.3) is 5.91 Å². The average molecular weight is 278 g/mol. The van der Waals surface area contributed by atoms with Crippen LogP contribution in [-0.2, 0) is 0 Å². The van der Waals surface area contributed by atoms with Gasteiger partial charge in [-0.1, -0.05) is 33.1 Å². The Morgan fingerprint density at radius 2 is 2.00 bits per heavy atom. The van der Waals surface area contributed by atoms with Crippen LogP contribution in [0.25, 0.3) is 0 Å². The lowest BCUT2D eigenvalue weighted by molar-refractivity contribution is 0.0953. The van der Waals surface area contributed by atoms with Crippen LogP contribution in [0.4, 0.5) is 5.69 Å². The van der Waals surface area contributed by atoms with Crippen LogP contribution in [0.3, 0.4) is 0 Å². The summed E-state index contributed by atoms with van der Waals surface area (Å²) in [5.74, 6) is 0.522. The summed E-state index contributed by atoms with van der Waals surface area (Å²) < 4.78 is 5.67. The number of amides is 1. The van der Waals surface area contributed by atoms with Gasteiger partial charge in [-0.15, -0.1) is 0 Å². The Morgan fingerprint density at radius 1 is 1.20 bits per heavy atom. The Labute approximate surface area is 121 Å². The topological polar surface area (TPSA) is 64.3 Å². The smallest absolute Gasteiger partial charge is 0.251 e. The Bertz CT molecular complexity index is 419. The monoisotopic (exact) mass is 278 g/mol. The minimum atomic E-state index is -0.0808. The van der Waals surface area contributed by atoms with E-state index in [1.54, 1.807) is 18.2 Å². The molecular weight excluding hydrogens is 252 g/mol. The van der Waals surface area contributed by atoms with E-state index in [-0.39, 0.29) is 5.91 Å². The second kappa shape index (κ2) is 9.23. The number of ether oxygens (including phenoxy) is 1. The Kier molecular flexibility index (Phi) is 7.55. The normalized spacial score (nSPS) is 10.3. The lowest BCUT2D eigenvalue weighted by Crippen LogP contribution is -2.24. The second-order valence-corrected chi connectivity index (χ2v) is 4.92. The predicted molar refractivity (Wildman–Crippen MR) is 83.1 cm³/mol. The molecule has 4 nitrogen and oxygen atoms in total. The minimum Gasteiger partial charge on any atom is -0.491 e. The number of nitrogen functional groups attached to an aromatic ring is 1. The summed E-state index contributed by atoms with van der Waals surface area (Å²) in [7, 11) is 0. The third-order valence-corrected chi connectivity index (χ3v) is 3.07. The van der Waals surface area contributed by atoms with Crippen LogP contribution in [0.2, 0.25) is 0 Å². The lowest BCUT2D eigenvalue weighted by Gasteiger charge is -2.11. The van der Waals surface area contributed by atoms with Crippen molar-refractivity contribution >= 4 is 11.6 Å². The van der Waals surface area contributed by atoms with Crippen LogP contribution < -0.4 is 15.8 Å². The van der Waals surface area contributed by atoms with E-state index in [0.717, 1.165) is 19.3 Å². The van der Waals surface area contributed by atoms with E-state index in [9.17, 15) is 4.79 Å². The zero-order chi connectivity index (χ0) is 14.8. The van der Waals surface area contributed by atoms with Gasteiger partial charge in [-0.3, -0.25) is 4.79 Å². The first-order valence-electron chi connectivity index (χ1n) is 7.49. The van der Waals surface area contributed by atoms with Gasteiger partial charge >= 0.3 is 0 Å². The van der Waals surface area contributed by atoms with E-state index in [2.05, 4.69) is 12.2 Å². The fourth-order valence-electron chi connectivity index (χ4n) is 1.85. The van der Waals surface area contributed by atoms with Crippen molar-refractivity contribution in [2.45, 2.75) is 46.0 Å². The standard InChI is InChI=1S/C16H26N2O2/c1-3-5-6-7-11-20-15-12-13(8-9-14(15)17)16(19)18-10-4-2/h8-9,12H,3-7,10-11,17H2,1-2H3,(H,18,19). The molecule has 1 amide bonds. The number of nitrogens with two attached hydrogens (primary N) is 1. The van der Waals surface area contributed by atoms with Crippen molar-refractivity contribution in [1.82, 2.24) is 5.32 Å². The summed E-state index contributed by atoms with van der Waals surface area (Å²) in [6, 6.07) is 5.17. The Hall–Kier alpha value is -1.71. The van der Waals surface area contributed by atoms with E-state index < -0.39 is 0 Å². The zero-order valence-corrected chi connectivity index (χ0v) is 12.6. The molecule has 1 aromatic carbocycles. The molecule has 0 saturated carbocycles. The van der Waals surface area contributed by atoms with Crippen LogP contribution in [0.1, 0.15) is 56.3 Å². The van der Waals surface area contributed by atoms with E-state index in [0.29, 0.717) is 30.2 Å². The van der Waals surface area contributed by atoms with Crippen molar-refractivity contribution in [3.63, 3.8) is 0 Å². The molecular formula is C16H26N2O2. The van der Waals surface area contributed by atoms with Crippen LogP contribution >= 0.6 is 0 Å². The van der Waals surface area contributed by atoms with E-state index in [1.165, 1.54) is 12.8 Å². The second-order valence-electron chi connectivity index (χ2n) is 4.92. The maximum Gasteiger partial charge on any atom is 0.251 e. The molecule has 0 fully saturated rings. The van der Waals surface area contributed by atoms with Gasteiger partial charge in [-0.2, -0.15) is 0 Å². The maximum absolute atomic E-state index is 11.9. The number of anilines is 1. The average Bonchev–Trinajstić information content (AvgIpc) is 2.46. The SMILES string of the molecule is CCCCCCOc1cc(C(=O)NCCC)ccc1N. The summed E-state index contributed by atoms with van der Waals surface area (Å²) in [5, 5.41) is 2.84. The van der Waals surface area contributed by atoms with Crippen LogP contribution in [0, 0.1) is 0 Å². The molecule has 0 heterocycles. The molecule has 112 valence electrons. The van der Waals surface area contributed by atoms with Gasteiger partial charge in [0, 0.05) is 12.1 Å². The highest BCUT2D eigenvalue weighted by Crippen LogP contribution is 2.23. The molecule has 0 radical (unpaired) electrons. The highest BCUT2D eigenvalue weighted by atomic mass is 16.5. The molecule has 20 heavy (non-hydrogen) atoms. The van der Waals surface area contributed by atoms with Gasteiger partial charge in [-0.25, -0.2) is 0 Å². The summed E-state index contributed by atoms with van der Waals surface area (Å²) in [4.78, 5) is 11.9. The van der Waals surface area contributed by atoms with Crippen LogP contribution in [0.15, 0.2) is 18.2 Å². The third-order valence-electron chi connectivity index (χ3n) is 3.07. The summed E-state index contributed by atoms with van der Waals surface area (Å²) in [6.07, 6.45) is 5.52. The van der Waals surface area contributed by atoms with Crippen LogP contribution in [0.5, 0.6) is 5.75 Å². The predicted octanol–water partition coefficient (Wildman–Crippen LogP) is 3.37. The van der Waals surface area contributed by atoms with E-state index in [4.69, 9.17) is 10.5 Å². The number of hydrogen-bond acceptors (Lipinski definition) is 3. The van der Waals surface area contributed by atoms with Crippen molar-refractivity contribution in [1.29, 1.82) is 0 Å². The first kappa shape index (κ1) is 16.3. The van der Waals surface area contributed by atoms with Crippen molar-refractivity contribution in [2.75, 3.05) is 18.9 Å². The molecule has 0 bridgehead atoms. The highest BCUT2D eigenvalue weighted by Gasteiger charge is 2.08. The molecule has 0 aliphatic rings. The molecule has 1 aromatic rings. The number of carbonyl (C=O) groups excluding carboxylic acids is 1. The van der Waals surface area contributed by atoms with Crippen molar-refractivity contribution in [2.24, 2.45) is 0 Å². The van der Waals surface area contributed by atoms with E-state index >= 15 is 0 Å². The number of benzene rings is 1. The summed E-state index contributed by atoms with van der Waals surface area (Å²) in [6.45, 7) is 5.52. The number of carbonyl (C=O) groups is 1. The highest BCUT2D eigenvalue weighted by molar-refractivity contribution is 5.95. The van der Waals surface area contributed by atoms with E-state index in [1.807, 2.05) is 6.92 Å². The third kappa shape index (κ3) is 5.51. The molecule has 0 aromatic heterocycles. The van der Waals surface area contributed by atoms with Gasteiger partial charge in [0.2, 0.25) is 0 Å². The van der Waals surface area contributed by atoms with Crippen LogP contribution in [-0.4, -0.2) is 19.1 Å². The first-order chi connectivity index (χ1) is 9.69. The summed E-state index contributed by atoms with van der Waals surface area (Å²) >= 11 is 0. The number of rotatable bonds is 9. The minimum absolute atomic E-state index is 0.0808. The molecule has 0 unspecified atom stereocenters. The van der Waals surface area contributed by atoms with Crippen molar-refractivity contribution in [3.05, 3.63) is 23.8 Å². The number of unbranched alkanes of at least 4 members (excludes halogenated alkanes) is 3. The molecule has 1 rings (SSSR count). The number of hydrogen-bond donors (Lipinski definition) is 2. The number of nitrogens with one attached hydrogen (secondary N) is 1. The molecule has 0 spiro atoms. The largest absolute Gasteiger partial charge is 0.491 e. The Balaban J connectivity index is 2.55. The van der Waals surface area contributed by atoms with Gasteiger partial charge in [-0.05, 0) is 31.0 Å². The van der Waals surface area contributed by atoms with Gasteiger partial charge in [0.05, 0.1) is 12.3 Å². The quantitative estimate of drug-likeness (QED) is 0.537. The first-order valence-corrected chi connectivity index (χ1v) is 7.49. The molecule has 4 heteroatoms. The molecule has 0 aliphatic heterocycles.